The third-order valence-corrected chi connectivity index (χ3v) is 6.15. The molecule has 0 fully saturated rings. The summed E-state index contributed by atoms with van der Waals surface area (Å²) in [5, 5.41) is 10.0. The third kappa shape index (κ3) is 5.92. The fourth-order valence-corrected chi connectivity index (χ4v) is 4.45. The van der Waals surface area contributed by atoms with E-state index in [1.807, 2.05) is 43.5 Å². The normalized spacial score (nSPS) is 10.9. The fraction of sp³-hybridized carbons (Fsp3) is 0.222. The predicted molar refractivity (Wildman–Crippen MR) is 144 cm³/mol. The van der Waals surface area contributed by atoms with Crippen LogP contribution >= 0.6 is 11.3 Å². The van der Waals surface area contributed by atoms with E-state index in [1.165, 1.54) is 24.5 Å². The number of nitrogens with zero attached hydrogens (tertiary/aromatic N) is 3. The summed E-state index contributed by atoms with van der Waals surface area (Å²) in [6.07, 6.45) is 3.10. The molecular weight excluding hydrogens is 492 g/mol. The average Bonchev–Trinajstić information content (AvgIpc) is 3.54. The van der Waals surface area contributed by atoms with Gasteiger partial charge in [-0.05, 0) is 61.9 Å². The summed E-state index contributed by atoms with van der Waals surface area (Å²) in [5.74, 6) is 2.50. The van der Waals surface area contributed by atoms with Gasteiger partial charge in [0.25, 0.3) is 0 Å². The van der Waals surface area contributed by atoms with Crippen LogP contribution in [-0.2, 0) is 4.79 Å². The summed E-state index contributed by atoms with van der Waals surface area (Å²) in [7, 11) is 4.62. The van der Waals surface area contributed by atoms with Gasteiger partial charge < -0.3 is 24.3 Å². The number of aryl methyl sites for hydroxylation is 1. The van der Waals surface area contributed by atoms with Gasteiger partial charge >= 0.3 is 0 Å². The average molecular weight is 521 g/mol. The molecule has 0 unspecified atom stereocenters. The minimum Gasteiger partial charge on any atom is -0.494 e. The number of ether oxygens (including phenoxy) is 4. The number of amides is 1. The Balaban J connectivity index is 1.52. The van der Waals surface area contributed by atoms with Crippen LogP contribution in [0, 0.1) is 6.92 Å². The fourth-order valence-electron chi connectivity index (χ4n) is 3.65. The zero-order chi connectivity index (χ0) is 26.4. The first-order valence-electron chi connectivity index (χ1n) is 11.5. The van der Waals surface area contributed by atoms with Gasteiger partial charge in [0, 0.05) is 23.1 Å². The molecule has 2 heterocycles. The molecule has 4 aromatic rings. The van der Waals surface area contributed by atoms with Crippen molar-refractivity contribution in [3.05, 3.63) is 65.2 Å². The van der Waals surface area contributed by atoms with Crippen molar-refractivity contribution in [2.45, 2.75) is 13.8 Å². The predicted octanol–water partition coefficient (Wildman–Crippen LogP) is 5.38. The topological polar surface area (TPSA) is 96.7 Å². The zero-order valence-electron chi connectivity index (χ0n) is 21.3. The number of carbonyl (C=O) groups is 1. The Morgan fingerprint density at radius 3 is 2.38 bits per heavy atom. The molecule has 9 nitrogen and oxygen atoms in total. The Bertz CT molecular complexity index is 1380. The molecule has 10 heteroatoms. The highest BCUT2D eigenvalue weighted by atomic mass is 32.1. The van der Waals surface area contributed by atoms with Crippen LogP contribution in [-0.4, -0.2) is 48.6 Å². The van der Waals surface area contributed by atoms with E-state index in [0.29, 0.717) is 40.4 Å². The lowest BCUT2D eigenvalue weighted by atomic mass is 10.1. The second-order valence-electron chi connectivity index (χ2n) is 7.84. The molecule has 2 aromatic heterocycles. The number of carbonyl (C=O) groups excluding carboxylic acids is 1. The third-order valence-electron chi connectivity index (χ3n) is 5.33. The molecule has 0 spiro atoms. The first kappa shape index (κ1) is 25.8. The van der Waals surface area contributed by atoms with Gasteiger partial charge in [0.15, 0.2) is 11.5 Å². The van der Waals surface area contributed by atoms with Crippen LogP contribution in [0.2, 0.25) is 0 Å². The van der Waals surface area contributed by atoms with Gasteiger partial charge in [-0.3, -0.25) is 4.79 Å². The summed E-state index contributed by atoms with van der Waals surface area (Å²) in [4.78, 5) is 17.5. The van der Waals surface area contributed by atoms with Crippen molar-refractivity contribution in [1.29, 1.82) is 0 Å². The number of hydrogen-bond donors (Lipinski definition) is 1. The molecule has 0 radical (unpaired) electrons. The monoisotopic (exact) mass is 520 g/mol. The number of hydrogen-bond acceptors (Lipinski definition) is 8. The maximum absolute atomic E-state index is 12.8. The SMILES string of the molecule is CCOc1ccc(-c2csc(-n3nc(C)cc3NC(=O)/C=C/c3cc(OC)c(OC)c(OC)c3)n2)cc1. The summed E-state index contributed by atoms with van der Waals surface area (Å²) in [6, 6.07) is 13.1. The van der Waals surface area contributed by atoms with Crippen LogP contribution in [0.3, 0.4) is 0 Å². The largest absolute Gasteiger partial charge is 0.494 e. The molecular formula is C27H28N4O5S. The van der Waals surface area contributed by atoms with Crippen molar-refractivity contribution in [3.63, 3.8) is 0 Å². The maximum atomic E-state index is 12.8. The highest BCUT2D eigenvalue weighted by Gasteiger charge is 2.15. The number of thiazole rings is 1. The van der Waals surface area contributed by atoms with Crippen molar-refractivity contribution < 1.29 is 23.7 Å². The van der Waals surface area contributed by atoms with Gasteiger partial charge in [0.2, 0.25) is 16.8 Å². The van der Waals surface area contributed by atoms with Crippen LogP contribution in [0.15, 0.2) is 53.9 Å². The van der Waals surface area contributed by atoms with Crippen LogP contribution in [0.25, 0.3) is 22.5 Å². The van der Waals surface area contributed by atoms with Crippen LogP contribution < -0.4 is 24.3 Å². The molecule has 192 valence electrons. The lowest BCUT2D eigenvalue weighted by Gasteiger charge is -2.12. The van der Waals surface area contributed by atoms with Crippen molar-refractivity contribution in [2.24, 2.45) is 0 Å². The number of benzene rings is 2. The standard InChI is InChI=1S/C27H28N4O5S/c1-6-36-20-10-8-19(9-11-20)21-16-37-27(28-21)31-24(13-17(2)30-31)29-25(32)12-7-18-14-22(33-3)26(35-5)23(15-18)34-4/h7-16H,6H2,1-5H3,(H,29,32)/b12-7+. The summed E-state index contributed by atoms with van der Waals surface area (Å²) in [5.41, 5.74) is 3.25. The van der Waals surface area contributed by atoms with E-state index >= 15 is 0 Å². The minimum atomic E-state index is -0.321. The quantitative estimate of drug-likeness (QED) is 0.280. The lowest BCUT2D eigenvalue weighted by Crippen LogP contribution is -2.12. The molecule has 0 saturated carbocycles. The van der Waals surface area contributed by atoms with E-state index in [2.05, 4.69) is 10.4 Å². The molecule has 1 amide bonds. The van der Waals surface area contributed by atoms with Gasteiger partial charge in [0.05, 0.1) is 39.3 Å². The van der Waals surface area contributed by atoms with E-state index in [0.717, 1.165) is 22.7 Å². The van der Waals surface area contributed by atoms with Crippen molar-refractivity contribution in [3.8, 4) is 39.4 Å². The molecule has 0 saturated heterocycles. The molecule has 2 aromatic carbocycles. The van der Waals surface area contributed by atoms with Crippen molar-refractivity contribution >= 4 is 29.1 Å². The van der Waals surface area contributed by atoms with Gasteiger partial charge in [-0.25, -0.2) is 4.98 Å². The summed E-state index contributed by atoms with van der Waals surface area (Å²) < 4.78 is 23.2. The van der Waals surface area contributed by atoms with Crippen LogP contribution in [0.1, 0.15) is 18.2 Å². The molecule has 0 aliphatic heterocycles. The first-order valence-corrected chi connectivity index (χ1v) is 12.4. The van der Waals surface area contributed by atoms with E-state index in [4.69, 9.17) is 23.9 Å². The molecule has 0 aliphatic rings. The Morgan fingerprint density at radius 2 is 1.76 bits per heavy atom. The number of methoxy groups -OCH3 is 3. The van der Waals surface area contributed by atoms with Crippen LogP contribution in [0.5, 0.6) is 23.0 Å². The summed E-state index contributed by atoms with van der Waals surface area (Å²) >= 11 is 1.44. The van der Waals surface area contributed by atoms with Crippen LogP contribution in [0.4, 0.5) is 5.82 Å². The highest BCUT2D eigenvalue weighted by molar-refractivity contribution is 7.12. The van der Waals surface area contributed by atoms with E-state index in [9.17, 15) is 4.79 Å². The Kier molecular flexibility index (Phi) is 8.09. The highest BCUT2D eigenvalue weighted by Crippen LogP contribution is 2.38. The smallest absolute Gasteiger partial charge is 0.249 e. The van der Waals surface area contributed by atoms with Crippen molar-refractivity contribution in [1.82, 2.24) is 14.8 Å². The summed E-state index contributed by atoms with van der Waals surface area (Å²) in [6.45, 7) is 4.43. The molecule has 1 N–H and O–H groups in total. The lowest BCUT2D eigenvalue weighted by molar-refractivity contribution is -0.111. The van der Waals surface area contributed by atoms with E-state index in [-0.39, 0.29) is 5.91 Å². The second-order valence-corrected chi connectivity index (χ2v) is 8.67. The molecule has 0 aliphatic carbocycles. The zero-order valence-corrected chi connectivity index (χ0v) is 22.1. The molecule has 37 heavy (non-hydrogen) atoms. The maximum Gasteiger partial charge on any atom is 0.249 e. The molecule has 4 rings (SSSR count). The van der Waals surface area contributed by atoms with Gasteiger partial charge in [-0.15, -0.1) is 11.3 Å². The van der Waals surface area contributed by atoms with Gasteiger partial charge in [-0.2, -0.15) is 9.78 Å². The number of aromatic nitrogens is 3. The number of rotatable bonds is 10. The van der Waals surface area contributed by atoms with Gasteiger partial charge in [0.1, 0.15) is 11.6 Å². The second kappa shape index (κ2) is 11.6. The Labute approximate surface area is 219 Å². The molecule has 0 atom stereocenters. The molecule has 0 bridgehead atoms. The van der Waals surface area contributed by atoms with Gasteiger partial charge in [-0.1, -0.05) is 0 Å². The first-order chi connectivity index (χ1) is 17.9. The van der Waals surface area contributed by atoms with E-state index in [1.54, 1.807) is 43.2 Å². The number of anilines is 1. The Morgan fingerprint density at radius 1 is 1.05 bits per heavy atom. The van der Waals surface area contributed by atoms with Crippen molar-refractivity contribution in [2.75, 3.05) is 33.3 Å². The Hall–Kier alpha value is -4.31. The number of nitrogens with one attached hydrogen (secondary N) is 1. The van der Waals surface area contributed by atoms with E-state index < -0.39 is 0 Å². The minimum absolute atomic E-state index is 0.321.